The normalized spacial score (nSPS) is 57.2. The smallest absolute Gasteiger partial charge is 0.0352 e. The highest BCUT2D eigenvalue weighted by atomic mass is 14.6. The van der Waals surface area contributed by atoms with Crippen LogP contribution in [0.15, 0.2) is 0 Å². The van der Waals surface area contributed by atoms with E-state index in [0.717, 1.165) is 17.8 Å². The molecule has 3 aliphatic rings. The van der Waals surface area contributed by atoms with Gasteiger partial charge >= 0.3 is 0 Å². The summed E-state index contributed by atoms with van der Waals surface area (Å²) in [6.07, 6.45) is 9.39. The van der Waals surface area contributed by atoms with E-state index in [2.05, 4.69) is 6.92 Å². The Labute approximate surface area is 75.7 Å². The first kappa shape index (κ1) is 7.41. The van der Waals surface area contributed by atoms with Gasteiger partial charge in [-0.05, 0) is 55.3 Å². The van der Waals surface area contributed by atoms with Crippen molar-refractivity contribution in [2.24, 2.45) is 29.6 Å². The van der Waals surface area contributed by atoms with Crippen LogP contribution in [0.3, 0.4) is 0 Å². The topological polar surface area (TPSA) is 0 Å². The second kappa shape index (κ2) is 2.49. The zero-order valence-corrected chi connectivity index (χ0v) is 8.13. The Kier molecular flexibility index (Phi) is 1.54. The molecule has 0 radical (unpaired) electrons. The average molecular weight is 164 g/mol. The lowest BCUT2D eigenvalue weighted by atomic mass is 9.71. The first-order valence-corrected chi connectivity index (χ1v) is 5.88. The largest absolute Gasteiger partial charge is 0.0620 e. The fourth-order valence-electron chi connectivity index (χ4n) is 4.69. The minimum atomic E-state index is 1.10. The summed E-state index contributed by atoms with van der Waals surface area (Å²) in [5, 5.41) is 0. The van der Waals surface area contributed by atoms with Crippen LogP contribution in [0.4, 0.5) is 0 Å². The number of hydrogen-bond donors (Lipinski definition) is 0. The highest BCUT2D eigenvalue weighted by molar-refractivity contribution is 5.01. The van der Waals surface area contributed by atoms with Crippen LogP contribution in [0.5, 0.6) is 0 Å². The zero-order valence-electron chi connectivity index (χ0n) is 8.13. The summed E-state index contributed by atoms with van der Waals surface area (Å²) in [5.41, 5.74) is 0. The molecule has 3 aliphatic carbocycles. The third-order valence-corrected chi connectivity index (χ3v) is 5.16. The molecule has 0 amide bonds. The van der Waals surface area contributed by atoms with Crippen LogP contribution in [0.2, 0.25) is 0 Å². The molecule has 0 heterocycles. The Balaban J connectivity index is 1.88. The van der Waals surface area contributed by atoms with Crippen LogP contribution in [0, 0.1) is 29.6 Å². The van der Waals surface area contributed by atoms with Gasteiger partial charge in [0.25, 0.3) is 0 Å². The monoisotopic (exact) mass is 164 g/mol. The highest BCUT2D eigenvalue weighted by Crippen LogP contribution is 2.60. The van der Waals surface area contributed by atoms with Gasteiger partial charge in [-0.2, -0.15) is 0 Å². The van der Waals surface area contributed by atoms with Crippen molar-refractivity contribution in [3.8, 4) is 0 Å². The Morgan fingerprint density at radius 3 is 1.67 bits per heavy atom. The van der Waals surface area contributed by atoms with E-state index >= 15 is 0 Å². The fourth-order valence-corrected chi connectivity index (χ4v) is 4.69. The maximum absolute atomic E-state index is 2.53. The molecule has 0 heteroatoms. The summed E-state index contributed by atoms with van der Waals surface area (Å²) in [7, 11) is 0. The molecule has 0 spiro atoms. The van der Waals surface area contributed by atoms with E-state index in [9.17, 15) is 0 Å². The molecular formula is C12H20. The van der Waals surface area contributed by atoms with Crippen molar-refractivity contribution in [1.82, 2.24) is 0 Å². The van der Waals surface area contributed by atoms with Crippen molar-refractivity contribution in [3.05, 3.63) is 0 Å². The molecule has 0 saturated heterocycles. The van der Waals surface area contributed by atoms with Gasteiger partial charge in [0.15, 0.2) is 0 Å². The molecule has 4 atom stereocenters. The molecule has 0 aromatic heterocycles. The lowest BCUT2D eigenvalue weighted by Crippen LogP contribution is -2.25. The van der Waals surface area contributed by atoms with E-state index in [0.29, 0.717) is 0 Å². The molecule has 12 heavy (non-hydrogen) atoms. The minimum Gasteiger partial charge on any atom is -0.0620 e. The summed E-state index contributed by atoms with van der Waals surface area (Å²) < 4.78 is 0. The molecule has 68 valence electrons. The maximum Gasteiger partial charge on any atom is -0.0352 e. The van der Waals surface area contributed by atoms with Gasteiger partial charge in [0.2, 0.25) is 0 Å². The van der Waals surface area contributed by atoms with Crippen molar-refractivity contribution < 1.29 is 0 Å². The van der Waals surface area contributed by atoms with Gasteiger partial charge in [0.05, 0.1) is 0 Å². The van der Waals surface area contributed by atoms with Gasteiger partial charge in [0, 0.05) is 0 Å². The standard InChI is InChI=1S/C12H20/c1-8-9-6-7-10(8)12-5-3-2-4-11(9)12/h8-12H,2-7H2,1H3. The third kappa shape index (κ3) is 0.791. The molecule has 4 unspecified atom stereocenters. The van der Waals surface area contributed by atoms with Gasteiger partial charge in [0.1, 0.15) is 0 Å². The SMILES string of the molecule is CC1C2CCC1C1CCCCC21. The summed E-state index contributed by atoms with van der Waals surface area (Å²) in [4.78, 5) is 0. The molecule has 0 aromatic rings. The molecule has 3 fully saturated rings. The Hall–Kier alpha value is 0. The van der Waals surface area contributed by atoms with Gasteiger partial charge in [-0.15, -0.1) is 0 Å². The molecular weight excluding hydrogens is 144 g/mol. The Morgan fingerprint density at radius 2 is 1.17 bits per heavy atom. The van der Waals surface area contributed by atoms with E-state index in [-0.39, 0.29) is 0 Å². The maximum atomic E-state index is 2.53. The Morgan fingerprint density at radius 1 is 0.667 bits per heavy atom. The zero-order chi connectivity index (χ0) is 8.13. The highest BCUT2D eigenvalue weighted by Gasteiger charge is 2.52. The summed E-state index contributed by atoms with van der Waals surface area (Å²) in [6.45, 7) is 2.53. The van der Waals surface area contributed by atoms with E-state index in [1.165, 1.54) is 24.7 Å². The number of hydrogen-bond acceptors (Lipinski definition) is 0. The lowest BCUT2D eigenvalue weighted by molar-refractivity contribution is 0.158. The van der Waals surface area contributed by atoms with Gasteiger partial charge in [-0.3, -0.25) is 0 Å². The van der Waals surface area contributed by atoms with Crippen LogP contribution in [-0.4, -0.2) is 0 Å². The second-order valence-corrected chi connectivity index (χ2v) is 5.38. The fraction of sp³-hybridized carbons (Fsp3) is 1.00. The number of fused-ring (bicyclic) bond motifs is 5. The average Bonchev–Trinajstić information content (AvgIpc) is 2.61. The van der Waals surface area contributed by atoms with Crippen molar-refractivity contribution in [2.75, 3.05) is 0 Å². The van der Waals surface area contributed by atoms with Crippen LogP contribution in [-0.2, 0) is 0 Å². The predicted molar refractivity (Wildman–Crippen MR) is 50.8 cm³/mol. The second-order valence-electron chi connectivity index (χ2n) is 5.38. The van der Waals surface area contributed by atoms with Gasteiger partial charge in [-0.1, -0.05) is 19.8 Å². The van der Waals surface area contributed by atoms with Crippen molar-refractivity contribution in [3.63, 3.8) is 0 Å². The van der Waals surface area contributed by atoms with Crippen LogP contribution in [0.1, 0.15) is 45.4 Å². The molecule has 3 saturated carbocycles. The third-order valence-electron chi connectivity index (χ3n) is 5.16. The molecule has 0 aliphatic heterocycles. The molecule has 0 N–H and O–H groups in total. The van der Waals surface area contributed by atoms with Crippen LogP contribution >= 0.6 is 0 Å². The van der Waals surface area contributed by atoms with Crippen LogP contribution < -0.4 is 0 Å². The lowest BCUT2D eigenvalue weighted by Gasteiger charge is -2.34. The predicted octanol–water partition coefficient (Wildman–Crippen LogP) is 3.47. The van der Waals surface area contributed by atoms with Crippen molar-refractivity contribution >= 4 is 0 Å². The first-order chi connectivity index (χ1) is 5.88. The summed E-state index contributed by atoms with van der Waals surface area (Å²) in [6, 6.07) is 0. The van der Waals surface area contributed by atoms with Gasteiger partial charge < -0.3 is 0 Å². The number of rotatable bonds is 0. The van der Waals surface area contributed by atoms with Gasteiger partial charge in [-0.25, -0.2) is 0 Å². The first-order valence-electron chi connectivity index (χ1n) is 5.88. The quantitative estimate of drug-likeness (QED) is 0.514. The van der Waals surface area contributed by atoms with Crippen LogP contribution in [0.25, 0.3) is 0 Å². The van der Waals surface area contributed by atoms with E-state index in [4.69, 9.17) is 0 Å². The molecule has 3 rings (SSSR count). The van der Waals surface area contributed by atoms with E-state index in [1.807, 2.05) is 0 Å². The van der Waals surface area contributed by atoms with Crippen molar-refractivity contribution in [1.29, 1.82) is 0 Å². The molecule has 0 aromatic carbocycles. The molecule has 0 nitrogen and oxygen atoms in total. The summed E-state index contributed by atoms with van der Waals surface area (Å²) in [5.74, 6) is 5.75. The van der Waals surface area contributed by atoms with E-state index < -0.39 is 0 Å². The minimum absolute atomic E-state index is 1.10. The van der Waals surface area contributed by atoms with Crippen molar-refractivity contribution in [2.45, 2.75) is 45.4 Å². The van der Waals surface area contributed by atoms with E-state index in [1.54, 1.807) is 25.7 Å². The Bertz CT molecular complexity index is 164. The molecule has 2 bridgehead atoms. The summed E-state index contributed by atoms with van der Waals surface area (Å²) >= 11 is 0.